The molecule has 0 aliphatic carbocycles. The minimum atomic E-state index is -1.02. The van der Waals surface area contributed by atoms with E-state index >= 15 is 0 Å². The first-order valence-corrected chi connectivity index (χ1v) is 6.31. The number of ether oxygens (including phenoxy) is 1. The Morgan fingerprint density at radius 1 is 1.26 bits per heavy atom. The number of nitrogens with one attached hydrogen (secondary N) is 1. The Morgan fingerprint density at radius 3 is 2.32 bits per heavy atom. The summed E-state index contributed by atoms with van der Waals surface area (Å²) in [6, 6.07) is 6.74. The molecule has 1 aromatic carbocycles. The van der Waals surface area contributed by atoms with Gasteiger partial charge in [-0.3, -0.25) is 4.79 Å². The molecule has 0 atom stereocenters. The van der Waals surface area contributed by atoms with Crippen LogP contribution in [-0.2, 0) is 0 Å². The molecule has 0 radical (unpaired) electrons. The highest BCUT2D eigenvalue weighted by atomic mass is 16.5. The van der Waals surface area contributed by atoms with E-state index in [1.54, 1.807) is 31.2 Å². The maximum Gasteiger partial charge on any atom is 0.251 e. The predicted octanol–water partition coefficient (Wildman–Crippen LogP) is 0.948. The second-order valence-electron chi connectivity index (χ2n) is 4.70. The van der Waals surface area contributed by atoms with Crippen LogP contribution in [0.15, 0.2) is 24.3 Å². The number of benzene rings is 1. The van der Waals surface area contributed by atoms with Crippen LogP contribution < -0.4 is 10.1 Å². The SMILES string of the molecule is CCCOc1ccc(C(=O)NC(C)(CO)CO)cc1. The smallest absolute Gasteiger partial charge is 0.251 e. The Kier molecular flexibility index (Phi) is 5.79. The third kappa shape index (κ3) is 4.54. The van der Waals surface area contributed by atoms with Gasteiger partial charge in [0.05, 0.1) is 25.4 Å². The fourth-order valence-corrected chi connectivity index (χ4v) is 1.40. The summed E-state index contributed by atoms with van der Waals surface area (Å²) in [5.74, 6) is 0.373. The Balaban J connectivity index is 2.67. The van der Waals surface area contributed by atoms with Gasteiger partial charge in [-0.15, -0.1) is 0 Å². The van der Waals surface area contributed by atoms with Crippen LogP contribution in [0.3, 0.4) is 0 Å². The Morgan fingerprint density at radius 2 is 1.84 bits per heavy atom. The second kappa shape index (κ2) is 7.11. The van der Waals surface area contributed by atoms with Gasteiger partial charge < -0.3 is 20.3 Å². The summed E-state index contributed by atoms with van der Waals surface area (Å²) in [5, 5.41) is 20.8. The zero-order valence-electron chi connectivity index (χ0n) is 11.3. The first-order valence-electron chi connectivity index (χ1n) is 6.31. The van der Waals surface area contributed by atoms with Crippen molar-refractivity contribution in [3.8, 4) is 5.75 Å². The van der Waals surface area contributed by atoms with Gasteiger partial charge in [0.1, 0.15) is 5.75 Å². The summed E-state index contributed by atoms with van der Waals surface area (Å²) >= 11 is 0. The highest BCUT2D eigenvalue weighted by molar-refractivity contribution is 5.94. The normalized spacial score (nSPS) is 11.2. The van der Waals surface area contributed by atoms with E-state index in [1.165, 1.54) is 0 Å². The molecule has 106 valence electrons. The van der Waals surface area contributed by atoms with E-state index < -0.39 is 5.54 Å². The van der Waals surface area contributed by atoms with Gasteiger partial charge in [0.25, 0.3) is 5.91 Å². The predicted molar refractivity (Wildman–Crippen MR) is 72.3 cm³/mol. The molecule has 0 spiro atoms. The maximum atomic E-state index is 11.9. The third-order valence-corrected chi connectivity index (χ3v) is 2.70. The average Bonchev–Trinajstić information content (AvgIpc) is 2.45. The van der Waals surface area contributed by atoms with Crippen LogP contribution in [0.25, 0.3) is 0 Å². The number of carbonyl (C=O) groups is 1. The lowest BCUT2D eigenvalue weighted by Gasteiger charge is -2.26. The number of hydrogen-bond donors (Lipinski definition) is 3. The lowest BCUT2D eigenvalue weighted by Crippen LogP contribution is -2.51. The summed E-state index contributed by atoms with van der Waals surface area (Å²) in [6.07, 6.45) is 0.924. The first kappa shape index (κ1) is 15.5. The van der Waals surface area contributed by atoms with Crippen molar-refractivity contribution in [1.29, 1.82) is 0 Å². The molecule has 5 heteroatoms. The lowest BCUT2D eigenvalue weighted by atomic mass is 10.0. The van der Waals surface area contributed by atoms with Crippen molar-refractivity contribution >= 4 is 5.91 Å². The van der Waals surface area contributed by atoms with Crippen molar-refractivity contribution in [2.24, 2.45) is 0 Å². The van der Waals surface area contributed by atoms with Crippen molar-refractivity contribution in [3.63, 3.8) is 0 Å². The molecule has 0 aliphatic rings. The molecule has 0 saturated carbocycles. The minimum absolute atomic E-state index is 0.326. The second-order valence-corrected chi connectivity index (χ2v) is 4.70. The van der Waals surface area contributed by atoms with Gasteiger partial charge in [0.2, 0.25) is 0 Å². The van der Waals surface area contributed by atoms with Crippen LogP contribution in [0.1, 0.15) is 30.6 Å². The van der Waals surface area contributed by atoms with Gasteiger partial charge in [-0.05, 0) is 37.6 Å². The molecule has 0 unspecified atom stereocenters. The molecule has 5 nitrogen and oxygen atoms in total. The Labute approximate surface area is 113 Å². The molecule has 1 aromatic rings. The van der Waals surface area contributed by atoms with Crippen LogP contribution in [0.2, 0.25) is 0 Å². The molecular formula is C14H21NO4. The molecule has 0 saturated heterocycles. The van der Waals surface area contributed by atoms with E-state index in [0.717, 1.165) is 6.42 Å². The van der Waals surface area contributed by atoms with E-state index in [1.807, 2.05) is 6.92 Å². The molecular weight excluding hydrogens is 246 g/mol. The van der Waals surface area contributed by atoms with Crippen molar-refractivity contribution in [2.75, 3.05) is 19.8 Å². The minimum Gasteiger partial charge on any atom is -0.494 e. The molecule has 0 bridgehead atoms. The largest absolute Gasteiger partial charge is 0.494 e. The number of carbonyl (C=O) groups excluding carboxylic acids is 1. The summed E-state index contributed by atoms with van der Waals surface area (Å²) in [7, 11) is 0. The Bertz CT molecular complexity index is 398. The van der Waals surface area contributed by atoms with Crippen molar-refractivity contribution < 1.29 is 19.7 Å². The number of aliphatic hydroxyl groups excluding tert-OH is 2. The molecule has 1 rings (SSSR count). The first-order chi connectivity index (χ1) is 9.04. The zero-order valence-corrected chi connectivity index (χ0v) is 11.3. The van der Waals surface area contributed by atoms with E-state index in [-0.39, 0.29) is 19.1 Å². The van der Waals surface area contributed by atoms with Crippen molar-refractivity contribution in [3.05, 3.63) is 29.8 Å². The molecule has 19 heavy (non-hydrogen) atoms. The van der Waals surface area contributed by atoms with E-state index in [0.29, 0.717) is 17.9 Å². The summed E-state index contributed by atoms with van der Waals surface area (Å²) in [4.78, 5) is 11.9. The lowest BCUT2D eigenvalue weighted by molar-refractivity contribution is 0.0724. The molecule has 3 N–H and O–H groups in total. The highest BCUT2D eigenvalue weighted by Crippen LogP contribution is 2.13. The zero-order chi connectivity index (χ0) is 14.3. The maximum absolute atomic E-state index is 11.9. The third-order valence-electron chi connectivity index (χ3n) is 2.70. The number of amides is 1. The van der Waals surface area contributed by atoms with Gasteiger partial charge in [-0.1, -0.05) is 6.92 Å². The summed E-state index contributed by atoms with van der Waals surface area (Å²) in [6.45, 7) is 3.58. The van der Waals surface area contributed by atoms with Crippen LogP contribution in [0.4, 0.5) is 0 Å². The van der Waals surface area contributed by atoms with E-state index in [4.69, 9.17) is 14.9 Å². The molecule has 0 aliphatic heterocycles. The fraction of sp³-hybridized carbons (Fsp3) is 0.500. The topological polar surface area (TPSA) is 78.8 Å². The standard InChI is InChI=1S/C14H21NO4/c1-3-8-19-12-6-4-11(5-7-12)13(18)15-14(2,9-16)10-17/h4-7,16-17H,3,8-10H2,1-2H3,(H,15,18). The van der Waals surface area contributed by atoms with Gasteiger partial charge in [-0.2, -0.15) is 0 Å². The molecule has 0 aromatic heterocycles. The summed E-state index contributed by atoms with van der Waals surface area (Å²) < 4.78 is 5.42. The molecule has 0 fully saturated rings. The van der Waals surface area contributed by atoms with Crippen molar-refractivity contribution in [2.45, 2.75) is 25.8 Å². The molecule has 1 amide bonds. The van der Waals surface area contributed by atoms with Gasteiger partial charge >= 0.3 is 0 Å². The molecule has 0 heterocycles. The van der Waals surface area contributed by atoms with Crippen LogP contribution in [-0.4, -0.2) is 41.5 Å². The van der Waals surface area contributed by atoms with Gasteiger partial charge in [0, 0.05) is 5.56 Å². The Hall–Kier alpha value is -1.59. The monoisotopic (exact) mass is 267 g/mol. The van der Waals surface area contributed by atoms with Crippen LogP contribution in [0.5, 0.6) is 5.75 Å². The van der Waals surface area contributed by atoms with Crippen LogP contribution >= 0.6 is 0 Å². The van der Waals surface area contributed by atoms with E-state index in [2.05, 4.69) is 5.32 Å². The van der Waals surface area contributed by atoms with E-state index in [9.17, 15) is 4.79 Å². The average molecular weight is 267 g/mol. The number of hydrogen-bond acceptors (Lipinski definition) is 4. The van der Waals surface area contributed by atoms with Crippen molar-refractivity contribution in [1.82, 2.24) is 5.32 Å². The summed E-state index contributed by atoms with van der Waals surface area (Å²) in [5.41, 5.74) is -0.564. The number of rotatable bonds is 7. The van der Waals surface area contributed by atoms with Crippen LogP contribution in [0, 0.1) is 0 Å². The highest BCUT2D eigenvalue weighted by Gasteiger charge is 2.24. The number of aliphatic hydroxyl groups is 2. The van der Waals surface area contributed by atoms with Gasteiger partial charge in [0.15, 0.2) is 0 Å². The fourth-order valence-electron chi connectivity index (χ4n) is 1.40. The van der Waals surface area contributed by atoms with Gasteiger partial charge in [-0.25, -0.2) is 0 Å². The quantitative estimate of drug-likeness (QED) is 0.687.